The van der Waals surface area contributed by atoms with E-state index in [-0.39, 0.29) is 11.7 Å². The van der Waals surface area contributed by atoms with E-state index in [1.54, 1.807) is 12.1 Å². The number of nitro groups is 1. The molecule has 21 heavy (non-hydrogen) atoms. The highest BCUT2D eigenvalue weighted by Gasteiger charge is 2.29. The first-order chi connectivity index (χ1) is 10.1. The summed E-state index contributed by atoms with van der Waals surface area (Å²) >= 11 is 0. The third-order valence-corrected chi connectivity index (χ3v) is 3.55. The summed E-state index contributed by atoms with van der Waals surface area (Å²) in [7, 11) is 0. The minimum atomic E-state index is -0.760. The van der Waals surface area contributed by atoms with Crippen LogP contribution in [0.15, 0.2) is 24.3 Å². The van der Waals surface area contributed by atoms with Crippen molar-refractivity contribution in [3.05, 3.63) is 34.4 Å². The third-order valence-electron chi connectivity index (χ3n) is 3.55. The molecule has 1 heterocycles. The van der Waals surface area contributed by atoms with E-state index < -0.39 is 10.9 Å². The van der Waals surface area contributed by atoms with Crippen molar-refractivity contribution in [1.29, 1.82) is 0 Å². The van der Waals surface area contributed by atoms with Gasteiger partial charge in [0.2, 0.25) is 0 Å². The molecule has 7 heteroatoms. The van der Waals surface area contributed by atoms with Crippen molar-refractivity contribution < 1.29 is 19.6 Å². The van der Waals surface area contributed by atoms with Crippen LogP contribution in [0.5, 0.6) is 5.75 Å². The molecule has 0 spiro atoms. The predicted molar refractivity (Wildman–Crippen MR) is 75.4 cm³/mol. The lowest BCUT2D eigenvalue weighted by Crippen LogP contribution is -2.36. The van der Waals surface area contributed by atoms with Crippen molar-refractivity contribution in [3.8, 4) is 5.75 Å². The van der Waals surface area contributed by atoms with Gasteiger partial charge in [-0.1, -0.05) is 0 Å². The molecule has 1 N–H and O–H groups in total. The first kappa shape index (κ1) is 15.2. The van der Waals surface area contributed by atoms with Crippen molar-refractivity contribution >= 4 is 11.7 Å². The molecule has 1 fully saturated rings. The van der Waals surface area contributed by atoms with Gasteiger partial charge in [-0.3, -0.25) is 19.8 Å². The molecular formula is C14H18N2O5. The molecule has 7 nitrogen and oxygen atoms in total. The number of likely N-dealkylation sites (tertiary alicyclic amines) is 1. The summed E-state index contributed by atoms with van der Waals surface area (Å²) in [6.45, 7) is 1.96. The average Bonchev–Trinajstić information content (AvgIpc) is 2.92. The number of rotatable bonds is 7. The summed E-state index contributed by atoms with van der Waals surface area (Å²) in [6, 6.07) is 5.55. The van der Waals surface area contributed by atoms with Gasteiger partial charge in [-0.05, 0) is 37.9 Å². The minimum absolute atomic E-state index is 0.0312. The number of aliphatic carboxylic acids is 1. The Morgan fingerprint density at radius 1 is 1.43 bits per heavy atom. The molecule has 0 radical (unpaired) electrons. The highest BCUT2D eigenvalue weighted by atomic mass is 16.6. The number of ether oxygens (including phenoxy) is 1. The maximum Gasteiger partial charge on any atom is 0.320 e. The maximum atomic E-state index is 11.0. The average molecular weight is 294 g/mol. The van der Waals surface area contributed by atoms with E-state index in [0.29, 0.717) is 25.3 Å². The molecule has 1 aromatic carbocycles. The van der Waals surface area contributed by atoms with E-state index in [0.717, 1.165) is 19.4 Å². The Bertz CT molecular complexity index is 503. The van der Waals surface area contributed by atoms with E-state index in [1.165, 1.54) is 12.1 Å². The number of non-ortho nitro benzene ring substituents is 1. The molecule has 1 aromatic rings. The van der Waals surface area contributed by atoms with Crippen LogP contribution < -0.4 is 4.74 Å². The van der Waals surface area contributed by atoms with Crippen LogP contribution in [0.1, 0.15) is 19.3 Å². The molecule has 1 aliphatic rings. The Morgan fingerprint density at radius 2 is 2.14 bits per heavy atom. The third kappa shape index (κ3) is 4.16. The zero-order chi connectivity index (χ0) is 15.2. The number of carbonyl (C=O) groups is 1. The SMILES string of the molecule is O=C(O)[C@@H]1CCCN1CCCOc1ccc([N+](=O)[O-])cc1. The standard InChI is InChI=1S/C14H18N2O5/c17-14(18)13-3-1-8-15(13)9-2-10-21-12-6-4-11(5-7-12)16(19)20/h4-7,13H,1-3,8-10H2,(H,17,18)/t13-/m0/s1. The second-order valence-electron chi connectivity index (χ2n) is 4.99. The number of benzene rings is 1. The predicted octanol–water partition coefficient (Wildman–Crippen LogP) is 1.91. The molecule has 0 unspecified atom stereocenters. The molecule has 0 amide bonds. The van der Waals surface area contributed by atoms with Gasteiger partial charge in [0, 0.05) is 18.7 Å². The minimum Gasteiger partial charge on any atom is -0.494 e. The van der Waals surface area contributed by atoms with Crippen molar-refractivity contribution in [2.45, 2.75) is 25.3 Å². The summed E-state index contributed by atoms with van der Waals surface area (Å²) in [5.74, 6) is -0.180. The molecule has 1 atom stereocenters. The summed E-state index contributed by atoms with van der Waals surface area (Å²) < 4.78 is 5.50. The number of hydrogen-bond acceptors (Lipinski definition) is 5. The van der Waals surface area contributed by atoms with E-state index in [2.05, 4.69) is 0 Å². The second kappa shape index (κ2) is 7.03. The molecule has 2 rings (SSSR count). The Labute approximate surface area is 122 Å². The highest BCUT2D eigenvalue weighted by molar-refractivity contribution is 5.73. The van der Waals surface area contributed by atoms with Crippen LogP contribution in [0, 0.1) is 10.1 Å². The topological polar surface area (TPSA) is 92.9 Å². The number of carboxylic acid groups (broad SMARTS) is 1. The lowest BCUT2D eigenvalue weighted by Gasteiger charge is -2.20. The van der Waals surface area contributed by atoms with Gasteiger partial charge in [0.05, 0.1) is 11.5 Å². The number of nitro benzene ring substituents is 1. The van der Waals surface area contributed by atoms with Crippen LogP contribution in [0.25, 0.3) is 0 Å². The summed E-state index contributed by atoms with van der Waals surface area (Å²) in [5.41, 5.74) is 0.0312. The summed E-state index contributed by atoms with van der Waals surface area (Å²) in [5, 5.41) is 19.6. The maximum absolute atomic E-state index is 11.0. The van der Waals surface area contributed by atoms with Crippen molar-refractivity contribution in [1.82, 2.24) is 4.90 Å². The van der Waals surface area contributed by atoms with Gasteiger partial charge < -0.3 is 9.84 Å². The second-order valence-corrected chi connectivity index (χ2v) is 4.99. The van der Waals surface area contributed by atoms with Crippen LogP contribution in [-0.4, -0.2) is 46.6 Å². The summed E-state index contributed by atoms with van der Waals surface area (Å²) in [6.07, 6.45) is 2.35. The van der Waals surface area contributed by atoms with Gasteiger partial charge in [-0.25, -0.2) is 0 Å². The quantitative estimate of drug-likeness (QED) is 0.469. The highest BCUT2D eigenvalue weighted by Crippen LogP contribution is 2.19. The Kier molecular flexibility index (Phi) is 5.10. The van der Waals surface area contributed by atoms with E-state index in [9.17, 15) is 14.9 Å². The van der Waals surface area contributed by atoms with Gasteiger partial charge in [0.25, 0.3) is 5.69 Å². The molecule has 114 valence electrons. The molecule has 0 saturated carbocycles. The molecular weight excluding hydrogens is 276 g/mol. The van der Waals surface area contributed by atoms with E-state index in [1.807, 2.05) is 4.90 Å². The Balaban J connectivity index is 1.72. The van der Waals surface area contributed by atoms with Gasteiger partial charge in [0.1, 0.15) is 11.8 Å². The summed E-state index contributed by atoms with van der Waals surface area (Å²) in [4.78, 5) is 23.0. The molecule has 1 saturated heterocycles. The van der Waals surface area contributed by atoms with Crippen molar-refractivity contribution in [3.63, 3.8) is 0 Å². The van der Waals surface area contributed by atoms with E-state index in [4.69, 9.17) is 9.84 Å². The first-order valence-corrected chi connectivity index (χ1v) is 6.92. The molecule has 0 aromatic heterocycles. The van der Waals surface area contributed by atoms with Crippen LogP contribution in [0.2, 0.25) is 0 Å². The van der Waals surface area contributed by atoms with Crippen LogP contribution in [-0.2, 0) is 4.79 Å². The fourth-order valence-electron chi connectivity index (χ4n) is 2.50. The van der Waals surface area contributed by atoms with Gasteiger partial charge in [-0.15, -0.1) is 0 Å². The van der Waals surface area contributed by atoms with Gasteiger partial charge in [-0.2, -0.15) is 0 Å². The number of nitrogens with zero attached hydrogens (tertiary/aromatic N) is 2. The molecule has 0 bridgehead atoms. The van der Waals surface area contributed by atoms with Gasteiger partial charge in [0.15, 0.2) is 0 Å². The fourth-order valence-corrected chi connectivity index (χ4v) is 2.50. The zero-order valence-electron chi connectivity index (χ0n) is 11.6. The van der Waals surface area contributed by atoms with Gasteiger partial charge >= 0.3 is 5.97 Å². The smallest absolute Gasteiger partial charge is 0.320 e. The van der Waals surface area contributed by atoms with Crippen molar-refractivity contribution in [2.75, 3.05) is 19.7 Å². The number of carboxylic acids is 1. The Morgan fingerprint density at radius 3 is 2.76 bits per heavy atom. The monoisotopic (exact) mass is 294 g/mol. The lowest BCUT2D eigenvalue weighted by molar-refractivity contribution is -0.384. The number of hydrogen-bond donors (Lipinski definition) is 1. The molecule has 0 aliphatic carbocycles. The molecule has 1 aliphatic heterocycles. The normalized spacial score (nSPS) is 18.6. The van der Waals surface area contributed by atoms with Crippen LogP contribution in [0.3, 0.4) is 0 Å². The van der Waals surface area contributed by atoms with Crippen molar-refractivity contribution in [2.24, 2.45) is 0 Å². The van der Waals surface area contributed by atoms with Crippen LogP contribution >= 0.6 is 0 Å². The first-order valence-electron chi connectivity index (χ1n) is 6.92. The van der Waals surface area contributed by atoms with Crippen LogP contribution in [0.4, 0.5) is 5.69 Å². The zero-order valence-corrected chi connectivity index (χ0v) is 11.6. The fraction of sp³-hybridized carbons (Fsp3) is 0.500. The van der Waals surface area contributed by atoms with E-state index >= 15 is 0 Å². The largest absolute Gasteiger partial charge is 0.494 e. The lowest BCUT2D eigenvalue weighted by atomic mass is 10.2. The Hall–Kier alpha value is -2.15.